The first-order valence-electron chi connectivity index (χ1n) is 2.86. The standard InChI is InChI=1S/C5H11NO2.CH4/c7-5(8)1-3-6-4-2-5;/h6-8H,1-4H2;1H4. The average molecular weight is 133 g/mol. The van der Waals surface area contributed by atoms with E-state index >= 15 is 0 Å². The second kappa shape index (κ2) is 3.15. The van der Waals surface area contributed by atoms with Gasteiger partial charge in [-0.1, -0.05) is 7.43 Å². The fraction of sp³-hybridized carbons (Fsp3) is 1.00. The van der Waals surface area contributed by atoms with Crippen LogP contribution in [-0.2, 0) is 0 Å². The molecule has 3 N–H and O–H groups in total. The van der Waals surface area contributed by atoms with Crippen molar-refractivity contribution in [2.45, 2.75) is 26.1 Å². The van der Waals surface area contributed by atoms with Crippen LogP contribution in [0.15, 0.2) is 0 Å². The van der Waals surface area contributed by atoms with Crippen LogP contribution in [0.25, 0.3) is 0 Å². The van der Waals surface area contributed by atoms with Gasteiger partial charge >= 0.3 is 0 Å². The van der Waals surface area contributed by atoms with E-state index in [0.29, 0.717) is 25.9 Å². The Hall–Kier alpha value is -0.120. The summed E-state index contributed by atoms with van der Waals surface area (Å²) in [5.41, 5.74) is 0. The molecule has 56 valence electrons. The Balaban J connectivity index is 0.000000640. The van der Waals surface area contributed by atoms with Gasteiger partial charge in [-0.15, -0.1) is 0 Å². The highest BCUT2D eigenvalue weighted by Crippen LogP contribution is 2.12. The van der Waals surface area contributed by atoms with Gasteiger partial charge in [-0.3, -0.25) is 0 Å². The molecule has 1 heterocycles. The minimum atomic E-state index is -1.38. The molecule has 0 radical (unpaired) electrons. The molecule has 0 amide bonds. The summed E-state index contributed by atoms with van der Waals surface area (Å²) in [5, 5.41) is 20.8. The summed E-state index contributed by atoms with van der Waals surface area (Å²) in [6.07, 6.45) is 0.903. The molecule has 1 aliphatic rings. The van der Waals surface area contributed by atoms with Gasteiger partial charge in [0.05, 0.1) is 0 Å². The maximum absolute atomic E-state index is 8.89. The zero-order valence-corrected chi connectivity index (χ0v) is 4.72. The van der Waals surface area contributed by atoms with E-state index in [0.717, 1.165) is 0 Å². The van der Waals surface area contributed by atoms with Crippen LogP contribution in [0.5, 0.6) is 0 Å². The number of aliphatic hydroxyl groups is 2. The predicted molar refractivity (Wildman–Crippen MR) is 36.0 cm³/mol. The first kappa shape index (κ1) is 8.88. The van der Waals surface area contributed by atoms with Crippen LogP contribution in [0.4, 0.5) is 0 Å². The summed E-state index contributed by atoms with van der Waals surface area (Å²) in [6.45, 7) is 1.43. The molecule has 0 aromatic heterocycles. The highest BCUT2D eigenvalue weighted by atomic mass is 16.5. The van der Waals surface area contributed by atoms with Gasteiger partial charge in [0.2, 0.25) is 0 Å². The summed E-state index contributed by atoms with van der Waals surface area (Å²) in [6, 6.07) is 0. The van der Waals surface area contributed by atoms with Crippen LogP contribution >= 0.6 is 0 Å². The van der Waals surface area contributed by atoms with E-state index in [2.05, 4.69) is 5.32 Å². The van der Waals surface area contributed by atoms with E-state index in [1.807, 2.05) is 0 Å². The molecule has 0 aliphatic carbocycles. The van der Waals surface area contributed by atoms with Crippen molar-refractivity contribution in [1.82, 2.24) is 5.32 Å². The summed E-state index contributed by atoms with van der Waals surface area (Å²) in [5.74, 6) is -1.38. The molecule has 3 heteroatoms. The lowest BCUT2D eigenvalue weighted by Crippen LogP contribution is -2.41. The lowest BCUT2D eigenvalue weighted by molar-refractivity contribution is -0.175. The van der Waals surface area contributed by atoms with Crippen LogP contribution in [0, 0.1) is 0 Å². The molecular weight excluding hydrogens is 118 g/mol. The Morgan fingerprint density at radius 3 is 1.78 bits per heavy atom. The van der Waals surface area contributed by atoms with Crippen molar-refractivity contribution in [2.75, 3.05) is 13.1 Å². The Morgan fingerprint density at radius 1 is 1.11 bits per heavy atom. The van der Waals surface area contributed by atoms with E-state index in [9.17, 15) is 0 Å². The Kier molecular flexibility index (Phi) is 3.11. The van der Waals surface area contributed by atoms with Gasteiger partial charge in [0.15, 0.2) is 5.79 Å². The quantitative estimate of drug-likeness (QED) is 0.397. The van der Waals surface area contributed by atoms with E-state index < -0.39 is 5.79 Å². The minimum absolute atomic E-state index is 0. The molecule has 3 nitrogen and oxygen atoms in total. The van der Waals surface area contributed by atoms with E-state index in [1.165, 1.54) is 0 Å². The van der Waals surface area contributed by atoms with E-state index in [-0.39, 0.29) is 7.43 Å². The Bertz CT molecular complexity index is 75.1. The first-order chi connectivity index (χ1) is 3.71. The molecule has 0 unspecified atom stereocenters. The molecular formula is C6H15NO2. The summed E-state index contributed by atoms with van der Waals surface area (Å²) < 4.78 is 0. The van der Waals surface area contributed by atoms with Gasteiger partial charge in [-0.2, -0.15) is 0 Å². The molecule has 1 fully saturated rings. The Labute approximate surface area is 55.7 Å². The topological polar surface area (TPSA) is 52.5 Å². The van der Waals surface area contributed by atoms with Crippen LogP contribution in [-0.4, -0.2) is 29.1 Å². The molecule has 0 aromatic rings. The Morgan fingerprint density at radius 2 is 1.56 bits per heavy atom. The molecule has 1 saturated heterocycles. The third-order valence-corrected chi connectivity index (χ3v) is 1.40. The second-order valence-electron chi connectivity index (χ2n) is 2.23. The molecule has 1 aliphatic heterocycles. The summed E-state index contributed by atoms with van der Waals surface area (Å²) >= 11 is 0. The van der Waals surface area contributed by atoms with E-state index in [4.69, 9.17) is 10.2 Å². The molecule has 0 aromatic carbocycles. The van der Waals surface area contributed by atoms with Gasteiger partial charge in [0.25, 0.3) is 0 Å². The van der Waals surface area contributed by atoms with Crippen LogP contribution in [0.2, 0.25) is 0 Å². The monoisotopic (exact) mass is 133 g/mol. The van der Waals surface area contributed by atoms with E-state index in [1.54, 1.807) is 0 Å². The first-order valence-corrected chi connectivity index (χ1v) is 2.86. The number of rotatable bonds is 0. The normalized spacial score (nSPS) is 24.7. The van der Waals surface area contributed by atoms with Gasteiger partial charge in [0.1, 0.15) is 0 Å². The van der Waals surface area contributed by atoms with Crippen molar-refractivity contribution < 1.29 is 10.2 Å². The average Bonchev–Trinajstić information content (AvgIpc) is 1.65. The molecule has 0 spiro atoms. The molecule has 0 atom stereocenters. The van der Waals surface area contributed by atoms with Gasteiger partial charge in [-0.25, -0.2) is 0 Å². The van der Waals surface area contributed by atoms with Gasteiger partial charge < -0.3 is 15.5 Å². The lowest BCUT2D eigenvalue weighted by Gasteiger charge is -2.26. The summed E-state index contributed by atoms with van der Waals surface area (Å²) in [4.78, 5) is 0. The lowest BCUT2D eigenvalue weighted by atomic mass is 10.1. The predicted octanol–water partition coefficient (Wildman–Crippen LogP) is -0.313. The third-order valence-electron chi connectivity index (χ3n) is 1.40. The van der Waals surface area contributed by atoms with Crippen LogP contribution in [0.3, 0.4) is 0 Å². The maximum Gasteiger partial charge on any atom is 0.164 e. The highest BCUT2D eigenvalue weighted by molar-refractivity contribution is 4.72. The molecule has 1 rings (SSSR count). The molecule has 9 heavy (non-hydrogen) atoms. The van der Waals surface area contributed by atoms with Crippen LogP contribution in [0.1, 0.15) is 20.3 Å². The number of hydrogen-bond donors (Lipinski definition) is 3. The fourth-order valence-electron chi connectivity index (χ4n) is 0.827. The fourth-order valence-corrected chi connectivity index (χ4v) is 0.827. The largest absolute Gasteiger partial charge is 0.366 e. The van der Waals surface area contributed by atoms with Crippen molar-refractivity contribution in [2.24, 2.45) is 0 Å². The summed E-state index contributed by atoms with van der Waals surface area (Å²) in [7, 11) is 0. The second-order valence-corrected chi connectivity index (χ2v) is 2.23. The van der Waals surface area contributed by atoms with Crippen LogP contribution < -0.4 is 5.32 Å². The van der Waals surface area contributed by atoms with Crippen molar-refractivity contribution >= 4 is 0 Å². The number of nitrogens with one attached hydrogen (secondary N) is 1. The van der Waals surface area contributed by atoms with Gasteiger partial charge in [0, 0.05) is 25.9 Å². The third kappa shape index (κ3) is 2.79. The molecule has 0 bridgehead atoms. The number of hydrogen-bond acceptors (Lipinski definition) is 3. The SMILES string of the molecule is C.OC1(O)CCNCC1. The zero-order valence-electron chi connectivity index (χ0n) is 4.72. The zero-order chi connectivity index (χ0) is 6.04. The molecule has 0 saturated carbocycles. The smallest absolute Gasteiger partial charge is 0.164 e. The van der Waals surface area contributed by atoms with Crippen molar-refractivity contribution in [1.29, 1.82) is 0 Å². The van der Waals surface area contributed by atoms with Crippen molar-refractivity contribution in [3.63, 3.8) is 0 Å². The van der Waals surface area contributed by atoms with Crippen molar-refractivity contribution in [3.8, 4) is 0 Å². The maximum atomic E-state index is 8.89. The van der Waals surface area contributed by atoms with Crippen molar-refractivity contribution in [3.05, 3.63) is 0 Å². The minimum Gasteiger partial charge on any atom is -0.366 e. The number of piperidine rings is 1. The van der Waals surface area contributed by atoms with Gasteiger partial charge in [-0.05, 0) is 0 Å². The highest BCUT2D eigenvalue weighted by Gasteiger charge is 2.24.